The smallest absolute Gasteiger partial charge is 0.255 e. The fraction of sp³-hybridized carbons (Fsp3) is 0.280. The zero-order valence-corrected chi connectivity index (χ0v) is 20.3. The van der Waals surface area contributed by atoms with E-state index in [1.807, 2.05) is 18.3 Å². The lowest BCUT2D eigenvalue weighted by Crippen LogP contribution is -2.43. The van der Waals surface area contributed by atoms with Gasteiger partial charge in [0.25, 0.3) is 5.91 Å². The maximum Gasteiger partial charge on any atom is 0.255 e. The number of nitrogens with one attached hydrogen (secondary N) is 2. The summed E-state index contributed by atoms with van der Waals surface area (Å²) in [6.45, 7) is 3.77. The zero-order valence-electron chi connectivity index (χ0n) is 20.3. The van der Waals surface area contributed by atoms with Crippen molar-refractivity contribution in [1.82, 2.24) is 29.8 Å². The topological polar surface area (TPSA) is 99.9 Å². The molecule has 1 amide bonds. The van der Waals surface area contributed by atoms with Crippen LogP contribution in [0.25, 0.3) is 16.8 Å². The molecule has 4 heterocycles. The van der Waals surface area contributed by atoms with Crippen LogP contribution in [0.2, 0.25) is 0 Å². The number of hydrogen-bond acceptors (Lipinski definition) is 8. The SMILES string of the molecule is COc1cc(F)ccc1-c1c(C(=O)N(C)C)cc2cnc(Nc3ccc(N4CCNCC4)cn3)nn12. The summed E-state index contributed by atoms with van der Waals surface area (Å²) in [5.41, 5.74) is 3.07. The number of fused-ring (bicyclic) bond motifs is 1. The number of piperazine rings is 1. The van der Waals surface area contributed by atoms with Gasteiger partial charge in [0.15, 0.2) is 0 Å². The molecule has 0 aliphatic carbocycles. The van der Waals surface area contributed by atoms with E-state index in [1.165, 1.54) is 24.1 Å². The van der Waals surface area contributed by atoms with E-state index in [9.17, 15) is 9.18 Å². The first-order chi connectivity index (χ1) is 17.4. The number of nitrogens with zero attached hydrogens (tertiary/aromatic N) is 6. The highest BCUT2D eigenvalue weighted by atomic mass is 19.1. The first-order valence-electron chi connectivity index (χ1n) is 11.6. The van der Waals surface area contributed by atoms with Crippen LogP contribution in [0, 0.1) is 5.82 Å². The Morgan fingerprint density at radius 1 is 1.11 bits per heavy atom. The van der Waals surface area contributed by atoms with Crippen molar-refractivity contribution in [1.29, 1.82) is 0 Å². The van der Waals surface area contributed by atoms with Gasteiger partial charge in [0.05, 0.1) is 42.0 Å². The third-order valence-corrected chi connectivity index (χ3v) is 6.04. The highest BCUT2D eigenvalue weighted by Crippen LogP contribution is 2.35. The summed E-state index contributed by atoms with van der Waals surface area (Å²) in [5.74, 6) is 0.518. The van der Waals surface area contributed by atoms with Crippen LogP contribution in [0.5, 0.6) is 5.75 Å². The molecule has 4 aromatic rings. The van der Waals surface area contributed by atoms with Crippen molar-refractivity contribution in [2.75, 3.05) is 57.6 Å². The average molecular weight is 491 g/mol. The first kappa shape index (κ1) is 23.5. The molecule has 1 aromatic carbocycles. The molecule has 3 aromatic heterocycles. The largest absolute Gasteiger partial charge is 0.496 e. The summed E-state index contributed by atoms with van der Waals surface area (Å²) >= 11 is 0. The molecule has 1 saturated heterocycles. The van der Waals surface area contributed by atoms with Gasteiger partial charge in [-0.15, -0.1) is 5.10 Å². The minimum Gasteiger partial charge on any atom is -0.496 e. The monoisotopic (exact) mass is 490 g/mol. The summed E-state index contributed by atoms with van der Waals surface area (Å²) in [6.07, 6.45) is 3.45. The number of carbonyl (C=O) groups excluding carboxylic acids is 1. The summed E-state index contributed by atoms with van der Waals surface area (Å²) in [6, 6.07) is 9.79. The van der Waals surface area contributed by atoms with E-state index in [4.69, 9.17) is 4.74 Å². The van der Waals surface area contributed by atoms with Crippen LogP contribution in [0.4, 0.5) is 21.8 Å². The highest BCUT2D eigenvalue weighted by Gasteiger charge is 2.24. The van der Waals surface area contributed by atoms with E-state index in [2.05, 4.69) is 30.6 Å². The predicted molar refractivity (Wildman–Crippen MR) is 136 cm³/mol. The van der Waals surface area contributed by atoms with Crippen molar-refractivity contribution in [3.8, 4) is 17.0 Å². The van der Waals surface area contributed by atoms with Crippen LogP contribution in [-0.2, 0) is 0 Å². The van der Waals surface area contributed by atoms with Gasteiger partial charge in [-0.2, -0.15) is 0 Å². The van der Waals surface area contributed by atoms with Gasteiger partial charge < -0.3 is 25.2 Å². The van der Waals surface area contributed by atoms with E-state index in [-0.39, 0.29) is 5.91 Å². The number of benzene rings is 1. The summed E-state index contributed by atoms with van der Waals surface area (Å²) in [7, 11) is 4.80. The van der Waals surface area contributed by atoms with Crippen LogP contribution >= 0.6 is 0 Å². The number of ether oxygens (including phenoxy) is 1. The summed E-state index contributed by atoms with van der Waals surface area (Å²) in [5, 5.41) is 11.1. The second kappa shape index (κ2) is 9.78. The number of hydrogen-bond donors (Lipinski definition) is 2. The lowest BCUT2D eigenvalue weighted by molar-refractivity contribution is 0.0828. The highest BCUT2D eigenvalue weighted by molar-refractivity contribution is 6.02. The number of amides is 1. The van der Waals surface area contributed by atoms with E-state index < -0.39 is 5.82 Å². The molecule has 0 unspecified atom stereocenters. The predicted octanol–water partition coefficient (Wildman–Crippen LogP) is 2.79. The number of anilines is 3. The Bertz CT molecular complexity index is 1400. The molecule has 0 bridgehead atoms. The van der Waals surface area contributed by atoms with Gasteiger partial charge in [0, 0.05) is 51.9 Å². The van der Waals surface area contributed by atoms with E-state index in [1.54, 1.807) is 36.9 Å². The molecule has 0 saturated carbocycles. The van der Waals surface area contributed by atoms with Gasteiger partial charge in [0.1, 0.15) is 17.4 Å². The minimum absolute atomic E-state index is 0.221. The lowest BCUT2D eigenvalue weighted by Gasteiger charge is -2.29. The second-order valence-corrected chi connectivity index (χ2v) is 8.63. The van der Waals surface area contributed by atoms with Crippen LogP contribution in [0.1, 0.15) is 10.4 Å². The van der Waals surface area contributed by atoms with Crippen molar-refractivity contribution in [2.24, 2.45) is 0 Å². The molecule has 1 aliphatic rings. The molecule has 10 nitrogen and oxygen atoms in total. The molecule has 1 fully saturated rings. The lowest BCUT2D eigenvalue weighted by atomic mass is 10.1. The molecule has 36 heavy (non-hydrogen) atoms. The molecular weight excluding hydrogens is 463 g/mol. The number of halogens is 1. The summed E-state index contributed by atoms with van der Waals surface area (Å²) in [4.78, 5) is 25.7. The Morgan fingerprint density at radius 2 is 1.92 bits per heavy atom. The van der Waals surface area contributed by atoms with Gasteiger partial charge in [-0.25, -0.2) is 18.9 Å². The molecule has 0 spiro atoms. The Morgan fingerprint density at radius 3 is 2.61 bits per heavy atom. The molecule has 1 aliphatic heterocycles. The zero-order chi connectivity index (χ0) is 25.2. The Kier molecular flexibility index (Phi) is 6.38. The number of carbonyl (C=O) groups is 1. The van der Waals surface area contributed by atoms with E-state index in [0.29, 0.717) is 39.9 Å². The van der Waals surface area contributed by atoms with Crippen LogP contribution in [-0.4, -0.2) is 77.8 Å². The fourth-order valence-corrected chi connectivity index (χ4v) is 4.23. The molecule has 0 radical (unpaired) electrons. The maximum atomic E-state index is 13.9. The van der Waals surface area contributed by atoms with Crippen LogP contribution in [0.15, 0.2) is 48.8 Å². The molecule has 0 atom stereocenters. The average Bonchev–Trinajstić information content (AvgIpc) is 3.27. The van der Waals surface area contributed by atoms with Gasteiger partial charge in [-0.3, -0.25) is 4.79 Å². The van der Waals surface area contributed by atoms with Crippen LogP contribution in [0.3, 0.4) is 0 Å². The van der Waals surface area contributed by atoms with Crippen molar-refractivity contribution >= 4 is 28.9 Å². The van der Waals surface area contributed by atoms with Crippen LogP contribution < -0.4 is 20.3 Å². The first-order valence-corrected chi connectivity index (χ1v) is 11.6. The standard InChI is InChI=1S/C25H27FN8O2/c1-32(2)24(35)20-13-18-15-29-25(30-22-7-5-17(14-28-22)33-10-8-27-9-11-33)31-34(18)23(20)19-6-4-16(26)12-21(19)36-3/h4-7,12-15,27H,8-11H2,1-3H3,(H,28,30,31). The van der Waals surface area contributed by atoms with Crippen molar-refractivity contribution in [3.05, 3.63) is 60.2 Å². The molecule has 5 rings (SSSR count). The number of pyridine rings is 1. The van der Waals surface area contributed by atoms with Crippen molar-refractivity contribution in [2.45, 2.75) is 0 Å². The van der Waals surface area contributed by atoms with Gasteiger partial charge in [0.2, 0.25) is 5.95 Å². The Hall–Kier alpha value is -4.25. The number of rotatable bonds is 6. The van der Waals surface area contributed by atoms with Gasteiger partial charge in [-0.05, 0) is 30.3 Å². The van der Waals surface area contributed by atoms with Gasteiger partial charge in [-0.1, -0.05) is 0 Å². The van der Waals surface area contributed by atoms with Crippen molar-refractivity contribution in [3.63, 3.8) is 0 Å². The molecule has 11 heteroatoms. The van der Waals surface area contributed by atoms with Gasteiger partial charge >= 0.3 is 0 Å². The van der Waals surface area contributed by atoms with Crippen molar-refractivity contribution < 1.29 is 13.9 Å². The Balaban J connectivity index is 1.53. The maximum absolute atomic E-state index is 13.9. The fourth-order valence-electron chi connectivity index (χ4n) is 4.23. The number of methoxy groups -OCH3 is 1. The second-order valence-electron chi connectivity index (χ2n) is 8.63. The molecule has 186 valence electrons. The van der Waals surface area contributed by atoms with E-state index in [0.717, 1.165) is 31.9 Å². The Labute approximate surface area is 207 Å². The van der Waals surface area contributed by atoms with E-state index >= 15 is 0 Å². The molecule has 2 N–H and O–H groups in total. The summed E-state index contributed by atoms with van der Waals surface area (Å²) < 4.78 is 21.0. The number of aromatic nitrogens is 4. The third-order valence-electron chi connectivity index (χ3n) is 6.04. The third kappa shape index (κ3) is 4.52. The normalized spacial score (nSPS) is 13.6. The quantitative estimate of drug-likeness (QED) is 0.426. The minimum atomic E-state index is -0.440. The molecular formula is C25H27FN8O2.